The summed E-state index contributed by atoms with van der Waals surface area (Å²) in [6, 6.07) is 14.4. The van der Waals surface area contributed by atoms with Gasteiger partial charge in [-0.2, -0.15) is 5.10 Å². The zero-order valence-corrected chi connectivity index (χ0v) is 16.2. The molecule has 2 aliphatic heterocycles. The molecule has 29 heavy (non-hydrogen) atoms. The number of amides is 1. The Bertz CT molecular complexity index is 1020. The highest BCUT2D eigenvalue weighted by Crippen LogP contribution is 2.25. The lowest BCUT2D eigenvalue weighted by Gasteiger charge is -2.26. The Morgan fingerprint density at radius 3 is 2.59 bits per heavy atom. The first-order valence-electron chi connectivity index (χ1n) is 9.98. The molecule has 0 atom stereocenters. The van der Waals surface area contributed by atoms with Gasteiger partial charge in [0.2, 0.25) is 0 Å². The van der Waals surface area contributed by atoms with E-state index in [1.54, 1.807) is 10.9 Å². The molecule has 3 aromatic rings. The van der Waals surface area contributed by atoms with Crippen molar-refractivity contribution in [2.75, 3.05) is 32.8 Å². The third-order valence-corrected chi connectivity index (χ3v) is 5.44. The lowest BCUT2D eigenvalue weighted by molar-refractivity contribution is 0.0342. The molecule has 2 aliphatic rings. The maximum Gasteiger partial charge on any atom is 0.269 e. The summed E-state index contributed by atoms with van der Waals surface area (Å²) in [5.74, 6) is -0.0693. The Morgan fingerprint density at radius 2 is 1.79 bits per heavy atom. The van der Waals surface area contributed by atoms with Crippen molar-refractivity contribution in [3.63, 3.8) is 0 Å². The van der Waals surface area contributed by atoms with Gasteiger partial charge in [0.05, 0.1) is 31.1 Å². The molecule has 1 aromatic carbocycles. The van der Waals surface area contributed by atoms with Crippen LogP contribution in [-0.2, 0) is 17.8 Å². The van der Waals surface area contributed by atoms with Gasteiger partial charge >= 0.3 is 0 Å². The van der Waals surface area contributed by atoms with Crippen LogP contribution in [0.4, 0.5) is 0 Å². The number of carbonyl (C=O) groups is 1. The Morgan fingerprint density at radius 1 is 0.966 bits per heavy atom. The molecule has 2 aromatic heterocycles. The number of carbonyl (C=O) groups excluding carboxylic acids is 1. The van der Waals surface area contributed by atoms with E-state index in [1.807, 2.05) is 18.2 Å². The molecule has 0 bridgehead atoms. The summed E-state index contributed by atoms with van der Waals surface area (Å²) in [5.41, 5.74) is 5.62. The first-order chi connectivity index (χ1) is 14.3. The molecule has 0 aliphatic carbocycles. The van der Waals surface area contributed by atoms with Crippen molar-refractivity contribution in [3.8, 4) is 22.5 Å². The number of aromatic nitrogens is 3. The number of nitrogens with zero attached hydrogens (tertiary/aromatic N) is 4. The van der Waals surface area contributed by atoms with Gasteiger partial charge in [0.15, 0.2) is 0 Å². The third-order valence-electron chi connectivity index (χ3n) is 5.44. The molecular weight excluding hydrogens is 366 g/mol. The van der Waals surface area contributed by atoms with Gasteiger partial charge in [-0.15, -0.1) is 0 Å². The lowest BCUT2D eigenvalue weighted by atomic mass is 10.1. The second kappa shape index (κ2) is 7.77. The number of hydrogen-bond donors (Lipinski definition) is 1. The monoisotopic (exact) mass is 389 g/mol. The first kappa shape index (κ1) is 18.0. The molecule has 7 heteroatoms. The molecule has 4 heterocycles. The maximum absolute atomic E-state index is 12.0. The number of fused-ring (bicyclic) bond motifs is 1. The molecule has 1 N–H and O–H groups in total. The van der Waals surface area contributed by atoms with Gasteiger partial charge in [-0.3, -0.25) is 19.4 Å². The zero-order valence-electron chi connectivity index (χ0n) is 16.2. The van der Waals surface area contributed by atoms with Crippen LogP contribution in [0.15, 0.2) is 48.7 Å². The van der Waals surface area contributed by atoms with Crippen molar-refractivity contribution in [3.05, 3.63) is 59.9 Å². The summed E-state index contributed by atoms with van der Waals surface area (Å²) in [5, 5.41) is 7.45. The minimum atomic E-state index is -0.0693. The molecule has 1 saturated heterocycles. The fraction of sp³-hybridized carbons (Fsp3) is 0.318. The summed E-state index contributed by atoms with van der Waals surface area (Å²) >= 11 is 0. The highest BCUT2D eigenvalue weighted by atomic mass is 16.5. The van der Waals surface area contributed by atoms with E-state index in [1.165, 1.54) is 5.56 Å². The van der Waals surface area contributed by atoms with E-state index in [-0.39, 0.29) is 5.91 Å². The van der Waals surface area contributed by atoms with E-state index < -0.39 is 0 Å². The van der Waals surface area contributed by atoms with E-state index in [2.05, 4.69) is 44.6 Å². The number of morpholine rings is 1. The topological polar surface area (TPSA) is 72.3 Å². The van der Waals surface area contributed by atoms with Gasteiger partial charge < -0.3 is 10.1 Å². The van der Waals surface area contributed by atoms with Crippen LogP contribution in [0.5, 0.6) is 0 Å². The van der Waals surface area contributed by atoms with E-state index >= 15 is 0 Å². The van der Waals surface area contributed by atoms with Crippen molar-refractivity contribution in [1.82, 2.24) is 25.0 Å². The van der Waals surface area contributed by atoms with Crippen molar-refractivity contribution < 1.29 is 9.53 Å². The van der Waals surface area contributed by atoms with Crippen LogP contribution in [0.3, 0.4) is 0 Å². The van der Waals surface area contributed by atoms with Crippen LogP contribution >= 0.6 is 0 Å². The first-order valence-corrected chi connectivity index (χ1v) is 9.98. The molecule has 7 nitrogen and oxygen atoms in total. The van der Waals surface area contributed by atoms with Crippen LogP contribution in [0.1, 0.15) is 16.1 Å². The van der Waals surface area contributed by atoms with Crippen LogP contribution in [0.2, 0.25) is 0 Å². The number of pyridine rings is 1. The number of nitrogens with one attached hydrogen (secondary N) is 1. The van der Waals surface area contributed by atoms with Crippen molar-refractivity contribution >= 4 is 5.91 Å². The molecule has 148 valence electrons. The molecule has 1 fully saturated rings. The second-order valence-corrected chi connectivity index (χ2v) is 7.41. The minimum absolute atomic E-state index is 0.0693. The van der Waals surface area contributed by atoms with Crippen LogP contribution in [-0.4, -0.2) is 58.4 Å². The number of hydrogen-bond acceptors (Lipinski definition) is 5. The Labute approximate surface area is 169 Å². The Hall–Kier alpha value is -3.03. The SMILES string of the molecule is O=C1NCCn2nc(-c3ccnc(-c4ccc(CN5CCOCC5)cc4)c3)cc21. The van der Waals surface area contributed by atoms with E-state index in [0.29, 0.717) is 18.8 Å². The number of rotatable bonds is 4. The van der Waals surface area contributed by atoms with Crippen LogP contribution < -0.4 is 5.32 Å². The largest absolute Gasteiger partial charge is 0.379 e. The average molecular weight is 389 g/mol. The molecule has 0 saturated carbocycles. The molecule has 5 rings (SSSR count). The van der Waals surface area contributed by atoms with Gasteiger partial charge in [-0.25, -0.2) is 0 Å². The maximum atomic E-state index is 12.0. The lowest BCUT2D eigenvalue weighted by Crippen LogP contribution is -2.35. The summed E-state index contributed by atoms with van der Waals surface area (Å²) < 4.78 is 7.19. The quantitative estimate of drug-likeness (QED) is 0.741. The molecule has 0 unspecified atom stereocenters. The molecule has 0 radical (unpaired) electrons. The zero-order chi connectivity index (χ0) is 19.6. The Balaban J connectivity index is 1.36. The van der Waals surface area contributed by atoms with Crippen molar-refractivity contribution in [1.29, 1.82) is 0 Å². The fourth-order valence-electron chi connectivity index (χ4n) is 3.82. The predicted octanol–water partition coefficient (Wildman–Crippen LogP) is 2.19. The molecule has 0 spiro atoms. The van der Waals surface area contributed by atoms with Gasteiger partial charge in [0, 0.05) is 43.5 Å². The van der Waals surface area contributed by atoms with Gasteiger partial charge in [-0.05, 0) is 23.8 Å². The number of ether oxygens (including phenoxy) is 1. The minimum Gasteiger partial charge on any atom is -0.379 e. The molecule has 1 amide bonds. The van der Waals surface area contributed by atoms with Gasteiger partial charge in [-0.1, -0.05) is 24.3 Å². The van der Waals surface area contributed by atoms with Crippen molar-refractivity contribution in [2.45, 2.75) is 13.1 Å². The Kier molecular flexibility index (Phi) is 4.83. The highest BCUT2D eigenvalue weighted by molar-refractivity contribution is 5.94. The third kappa shape index (κ3) is 3.79. The van der Waals surface area contributed by atoms with E-state index in [0.717, 1.165) is 55.4 Å². The van der Waals surface area contributed by atoms with E-state index in [9.17, 15) is 4.79 Å². The summed E-state index contributed by atoms with van der Waals surface area (Å²) in [6.45, 7) is 5.85. The summed E-state index contributed by atoms with van der Waals surface area (Å²) in [6.07, 6.45) is 1.80. The highest BCUT2D eigenvalue weighted by Gasteiger charge is 2.20. The normalized spacial score (nSPS) is 17.0. The van der Waals surface area contributed by atoms with Crippen LogP contribution in [0.25, 0.3) is 22.5 Å². The standard InChI is InChI=1S/C22H23N5O2/c28-22-21-14-20(25-27(21)8-7-24-22)18-5-6-23-19(13-18)17-3-1-16(2-4-17)15-26-9-11-29-12-10-26/h1-6,13-14H,7-12,15H2,(H,24,28). The summed E-state index contributed by atoms with van der Waals surface area (Å²) in [4.78, 5) is 18.9. The van der Waals surface area contributed by atoms with Gasteiger partial charge in [0.25, 0.3) is 5.91 Å². The molecular formula is C22H23N5O2. The van der Waals surface area contributed by atoms with E-state index in [4.69, 9.17) is 4.74 Å². The van der Waals surface area contributed by atoms with Crippen LogP contribution in [0, 0.1) is 0 Å². The number of benzene rings is 1. The predicted molar refractivity (Wildman–Crippen MR) is 109 cm³/mol. The van der Waals surface area contributed by atoms with Gasteiger partial charge in [0.1, 0.15) is 5.69 Å². The average Bonchev–Trinajstić information content (AvgIpc) is 3.21. The second-order valence-electron chi connectivity index (χ2n) is 7.41. The van der Waals surface area contributed by atoms with Crippen molar-refractivity contribution in [2.24, 2.45) is 0 Å². The summed E-state index contributed by atoms with van der Waals surface area (Å²) in [7, 11) is 0. The fourth-order valence-corrected chi connectivity index (χ4v) is 3.82. The smallest absolute Gasteiger partial charge is 0.269 e.